The first-order chi connectivity index (χ1) is 9.13. The van der Waals surface area contributed by atoms with Crippen LogP contribution in [0.25, 0.3) is 0 Å². The Morgan fingerprint density at radius 1 is 1.63 bits per heavy atom. The van der Waals surface area contributed by atoms with Crippen LogP contribution in [0.4, 0.5) is 4.39 Å². The first kappa shape index (κ1) is 12.7. The zero-order valence-electron chi connectivity index (χ0n) is 10.3. The van der Waals surface area contributed by atoms with Crippen LogP contribution in [0.5, 0.6) is 0 Å². The summed E-state index contributed by atoms with van der Waals surface area (Å²) >= 11 is 3.35. The summed E-state index contributed by atoms with van der Waals surface area (Å²) in [5.74, 6) is 1.10. The molecule has 1 unspecified atom stereocenters. The molecule has 0 amide bonds. The van der Waals surface area contributed by atoms with Gasteiger partial charge in [0, 0.05) is 11.2 Å². The Morgan fingerprint density at radius 2 is 2.42 bits per heavy atom. The molecule has 0 saturated carbocycles. The number of hydrogen-bond acceptors (Lipinski definition) is 6. The Morgan fingerprint density at radius 3 is 3.16 bits per heavy atom. The Labute approximate surface area is 117 Å². The number of hydrogen-bond donors (Lipinski definition) is 1. The minimum atomic E-state index is -0.427. The zero-order chi connectivity index (χ0) is 13.6. The van der Waals surface area contributed by atoms with Gasteiger partial charge in [-0.3, -0.25) is 4.39 Å². The van der Waals surface area contributed by atoms with E-state index in [1.807, 2.05) is 6.92 Å². The number of rotatable bonds is 3. The van der Waals surface area contributed by atoms with Crippen LogP contribution in [0, 0.1) is 4.91 Å². The van der Waals surface area contributed by atoms with Crippen molar-refractivity contribution in [3.05, 3.63) is 16.4 Å². The number of hydrazine groups is 1. The van der Waals surface area contributed by atoms with Gasteiger partial charge in [0.05, 0.1) is 18.9 Å². The highest BCUT2D eigenvalue weighted by molar-refractivity contribution is 9.09. The maximum Gasteiger partial charge on any atom is 0.353 e. The van der Waals surface area contributed by atoms with E-state index in [1.54, 1.807) is 9.91 Å². The summed E-state index contributed by atoms with van der Waals surface area (Å²) in [5.41, 5.74) is 4.54. The molecule has 3 aliphatic rings. The highest BCUT2D eigenvalue weighted by Crippen LogP contribution is 2.32. The summed E-state index contributed by atoms with van der Waals surface area (Å²) in [6.07, 6.45) is 0.348. The minimum Gasteiger partial charge on any atom is -0.251 e. The molecule has 0 bridgehead atoms. The second kappa shape index (κ2) is 4.64. The van der Waals surface area contributed by atoms with E-state index in [4.69, 9.17) is 0 Å². The molecule has 3 rings (SSSR count). The van der Waals surface area contributed by atoms with E-state index < -0.39 is 6.67 Å². The molecule has 1 atom stereocenters. The second-order valence-corrected chi connectivity index (χ2v) is 5.23. The number of halogens is 2. The largest absolute Gasteiger partial charge is 0.353 e. The summed E-state index contributed by atoms with van der Waals surface area (Å²) in [6, 6.07) is 0. The number of nitroso groups, excluding NO2 is 1. The van der Waals surface area contributed by atoms with Gasteiger partial charge in [0.15, 0.2) is 10.8 Å². The molecule has 19 heavy (non-hydrogen) atoms. The van der Waals surface area contributed by atoms with E-state index in [9.17, 15) is 9.30 Å². The van der Waals surface area contributed by atoms with Crippen LogP contribution in [-0.4, -0.2) is 51.3 Å². The smallest absolute Gasteiger partial charge is 0.251 e. The first-order valence-electron chi connectivity index (χ1n) is 5.95. The summed E-state index contributed by atoms with van der Waals surface area (Å²) in [4.78, 5) is 22.3. The third kappa shape index (κ3) is 1.88. The topological polar surface area (TPSA) is 63.3 Å². The second-order valence-electron chi connectivity index (χ2n) is 4.36. The van der Waals surface area contributed by atoms with Crippen molar-refractivity contribution in [3.8, 4) is 0 Å². The SMILES string of the molecule is CC1=NC[N+](=O)C2=C1N1NC(Br)N=C1N2CCCF. The minimum absolute atomic E-state index is 0.0651. The highest BCUT2D eigenvalue weighted by Gasteiger charge is 2.51. The number of nitrogens with one attached hydrogen (secondary N) is 1. The highest BCUT2D eigenvalue weighted by atomic mass is 79.9. The van der Waals surface area contributed by atoms with Gasteiger partial charge in [-0.25, -0.2) is 10.0 Å². The van der Waals surface area contributed by atoms with E-state index in [1.165, 1.54) is 0 Å². The molecular formula is C10H13BrFN6O+. The van der Waals surface area contributed by atoms with Gasteiger partial charge in [0.2, 0.25) is 6.67 Å². The van der Waals surface area contributed by atoms with Gasteiger partial charge in [-0.2, -0.15) is 15.3 Å². The third-order valence-electron chi connectivity index (χ3n) is 3.13. The molecule has 3 aliphatic heterocycles. The van der Waals surface area contributed by atoms with Gasteiger partial charge in [-0.15, -0.1) is 0 Å². The molecule has 102 valence electrons. The molecule has 0 aromatic heterocycles. The third-order valence-corrected chi connectivity index (χ3v) is 3.54. The number of guanidine groups is 1. The van der Waals surface area contributed by atoms with Crippen LogP contribution in [0.15, 0.2) is 21.5 Å². The lowest BCUT2D eigenvalue weighted by atomic mass is 10.2. The summed E-state index contributed by atoms with van der Waals surface area (Å²) < 4.78 is 13.2. The molecule has 0 spiro atoms. The van der Waals surface area contributed by atoms with Crippen molar-refractivity contribution in [2.75, 3.05) is 19.9 Å². The lowest BCUT2D eigenvalue weighted by Gasteiger charge is -2.15. The fraction of sp³-hybridized carbons (Fsp3) is 0.600. The molecule has 9 heteroatoms. The van der Waals surface area contributed by atoms with Crippen molar-refractivity contribution in [2.45, 2.75) is 18.4 Å². The van der Waals surface area contributed by atoms with Crippen LogP contribution in [0.3, 0.4) is 0 Å². The van der Waals surface area contributed by atoms with Crippen molar-refractivity contribution in [1.82, 2.24) is 15.3 Å². The van der Waals surface area contributed by atoms with Crippen LogP contribution in [-0.2, 0) is 0 Å². The van der Waals surface area contributed by atoms with Gasteiger partial charge in [0.25, 0.3) is 0 Å². The van der Waals surface area contributed by atoms with Crippen molar-refractivity contribution < 1.29 is 9.15 Å². The lowest BCUT2D eigenvalue weighted by molar-refractivity contribution is -0.512. The van der Waals surface area contributed by atoms with Crippen LogP contribution >= 0.6 is 15.9 Å². The Kier molecular flexibility index (Phi) is 3.09. The molecule has 0 radical (unpaired) electrons. The average Bonchev–Trinajstić information content (AvgIpc) is 2.87. The maximum atomic E-state index is 12.4. The number of aliphatic imine (C=N–C) groups is 2. The van der Waals surface area contributed by atoms with E-state index in [0.717, 1.165) is 10.5 Å². The lowest BCUT2D eigenvalue weighted by Crippen LogP contribution is -2.40. The Bertz CT molecular complexity index is 530. The summed E-state index contributed by atoms with van der Waals surface area (Å²) in [6.45, 7) is 1.90. The van der Waals surface area contributed by atoms with Crippen molar-refractivity contribution in [1.29, 1.82) is 0 Å². The van der Waals surface area contributed by atoms with E-state index in [-0.39, 0.29) is 11.7 Å². The van der Waals surface area contributed by atoms with Crippen molar-refractivity contribution >= 4 is 27.6 Å². The monoisotopic (exact) mass is 331 g/mol. The fourth-order valence-corrected chi connectivity index (χ4v) is 2.73. The molecule has 0 aromatic carbocycles. The van der Waals surface area contributed by atoms with Gasteiger partial charge in [-0.05, 0) is 22.9 Å². The zero-order valence-corrected chi connectivity index (χ0v) is 11.9. The van der Waals surface area contributed by atoms with Gasteiger partial charge >= 0.3 is 11.8 Å². The van der Waals surface area contributed by atoms with E-state index >= 15 is 0 Å². The summed E-state index contributed by atoms with van der Waals surface area (Å²) in [5, 5.41) is 1.48. The predicted octanol–water partition coefficient (Wildman–Crippen LogP) is 0.896. The number of nitrogens with zero attached hydrogens (tertiary/aromatic N) is 5. The molecule has 7 nitrogen and oxygen atoms in total. The quantitative estimate of drug-likeness (QED) is 0.474. The van der Waals surface area contributed by atoms with Gasteiger partial charge in [-0.1, -0.05) is 4.91 Å². The first-order valence-corrected chi connectivity index (χ1v) is 6.87. The van der Waals surface area contributed by atoms with E-state index in [0.29, 0.717) is 30.4 Å². The summed E-state index contributed by atoms with van der Waals surface area (Å²) in [7, 11) is 0. The molecule has 0 fully saturated rings. The van der Waals surface area contributed by atoms with Crippen LogP contribution in [0.1, 0.15) is 13.3 Å². The predicted molar refractivity (Wildman–Crippen MR) is 71.1 cm³/mol. The number of allylic oxidation sites excluding steroid dienone is 1. The van der Waals surface area contributed by atoms with Gasteiger partial charge in [0.1, 0.15) is 0 Å². The molecule has 0 aromatic rings. The standard InChI is InChI=1S/C10H13BrFN6O/c1-6-7-8(17(19)5-13-6)16(4-2-3-12)10-14-9(11)15-18(7)10/h9,15H,2-5H2,1H3/q+1. The fourth-order valence-electron chi connectivity index (χ4n) is 2.34. The van der Waals surface area contributed by atoms with E-state index in [2.05, 4.69) is 31.3 Å². The average molecular weight is 332 g/mol. The van der Waals surface area contributed by atoms with Crippen molar-refractivity contribution in [2.24, 2.45) is 9.98 Å². The molecule has 1 N–H and O–H groups in total. The molecule has 3 heterocycles. The number of fused-ring (bicyclic) bond motifs is 2. The maximum absolute atomic E-state index is 12.4. The number of alkyl halides is 2. The molecule has 0 saturated heterocycles. The van der Waals surface area contributed by atoms with Crippen LogP contribution in [0.2, 0.25) is 0 Å². The molecule has 0 aliphatic carbocycles. The van der Waals surface area contributed by atoms with Crippen LogP contribution < -0.4 is 5.43 Å². The van der Waals surface area contributed by atoms with Crippen molar-refractivity contribution in [3.63, 3.8) is 0 Å². The normalized spacial score (nSPS) is 25.6. The Hall–Kier alpha value is -1.35. The molecular weight excluding hydrogens is 319 g/mol. The van der Waals surface area contributed by atoms with Gasteiger partial charge < -0.3 is 0 Å². The Balaban J connectivity index is 2.02.